The Morgan fingerprint density at radius 1 is 1.58 bits per heavy atom. The molecule has 2 nitrogen and oxygen atoms in total. The number of aromatic nitrogens is 1. The van der Waals surface area contributed by atoms with Crippen molar-refractivity contribution in [3.05, 3.63) is 27.1 Å². The van der Waals surface area contributed by atoms with Gasteiger partial charge in [-0.3, -0.25) is 0 Å². The van der Waals surface area contributed by atoms with E-state index < -0.39 is 6.43 Å². The Morgan fingerprint density at radius 2 is 2.25 bits per heavy atom. The molecular weight excluding hydrogens is 277 g/mol. The molecular formula is C7H3F2IN2. The van der Waals surface area contributed by atoms with Crippen molar-refractivity contribution in [3.63, 3.8) is 0 Å². The molecule has 1 aromatic rings. The van der Waals surface area contributed by atoms with E-state index in [1.165, 1.54) is 0 Å². The maximum absolute atomic E-state index is 12.1. The average Bonchev–Trinajstić information content (AvgIpc) is 2.05. The normalized spacial score (nSPS) is 9.92. The second-order valence-corrected chi connectivity index (χ2v) is 3.04. The van der Waals surface area contributed by atoms with Gasteiger partial charge in [0.2, 0.25) is 0 Å². The van der Waals surface area contributed by atoms with Crippen LogP contribution in [-0.4, -0.2) is 4.98 Å². The van der Waals surface area contributed by atoms with Crippen molar-refractivity contribution in [3.8, 4) is 6.07 Å². The first-order valence-electron chi connectivity index (χ1n) is 2.99. The lowest BCUT2D eigenvalue weighted by molar-refractivity contribution is 0.151. The Balaban J connectivity index is 3.16. The summed E-state index contributed by atoms with van der Waals surface area (Å²) in [4.78, 5) is 3.66. The van der Waals surface area contributed by atoms with E-state index in [9.17, 15) is 8.78 Å². The summed E-state index contributed by atoms with van der Waals surface area (Å²) < 4.78 is 24.6. The molecule has 0 N–H and O–H groups in total. The molecule has 0 saturated carbocycles. The highest BCUT2D eigenvalue weighted by molar-refractivity contribution is 14.1. The molecule has 0 fully saturated rings. The summed E-state index contributed by atoms with van der Waals surface area (Å²) in [5.74, 6) is 0. The van der Waals surface area contributed by atoms with E-state index in [-0.39, 0.29) is 11.1 Å². The van der Waals surface area contributed by atoms with E-state index in [2.05, 4.69) is 4.98 Å². The molecule has 1 aromatic heterocycles. The highest BCUT2D eigenvalue weighted by atomic mass is 127. The minimum Gasteiger partial charge on any atom is -0.248 e. The molecule has 0 atom stereocenters. The Kier molecular flexibility index (Phi) is 2.92. The van der Waals surface area contributed by atoms with Gasteiger partial charge in [-0.05, 0) is 28.7 Å². The standard InChI is InChI=1S/C7H3F2IN2/c8-6(9)5-1-4(2-11)7(10)12-3-5/h1,3,6H. The summed E-state index contributed by atoms with van der Waals surface area (Å²) in [7, 11) is 0. The van der Waals surface area contributed by atoms with E-state index in [1.54, 1.807) is 6.07 Å². The van der Waals surface area contributed by atoms with E-state index in [4.69, 9.17) is 5.26 Å². The number of nitriles is 1. The maximum atomic E-state index is 12.1. The summed E-state index contributed by atoms with van der Waals surface area (Å²) in [5, 5.41) is 8.48. The Morgan fingerprint density at radius 3 is 2.75 bits per heavy atom. The van der Waals surface area contributed by atoms with Crippen LogP contribution in [0.2, 0.25) is 0 Å². The second-order valence-electron chi connectivity index (χ2n) is 2.02. The van der Waals surface area contributed by atoms with Gasteiger partial charge in [-0.1, -0.05) is 0 Å². The van der Waals surface area contributed by atoms with Crippen LogP contribution < -0.4 is 0 Å². The topological polar surface area (TPSA) is 36.7 Å². The predicted octanol–water partition coefficient (Wildman–Crippen LogP) is 2.50. The van der Waals surface area contributed by atoms with E-state index >= 15 is 0 Å². The third-order valence-corrected chi connectivity index (χ3v) is 2.09. The molecule has 0 aliphatic rings. The van der Waals surface area contributed by atoms with Gasteiger partial charge >= 0.3 is 0 Å². The quantitative estimate of drug-likeness (QED) is 0.585. The van der Waals surface area contributed by atoms with Crippen molar-refractivity contribution in [1.29, 1.82) is 5.26 Å². The molecule has 0 aromatic carbocycles. The van der Waals surface area contributed by atoms with Crippen LogP contribution >= 0.6 is 22.6 Å². The number of pyridine rings is 1. The number of hydrogen-bond acceptors (Lipinski definition) is 2. The predicted molar refractivity (Wildman–Crippen MR) is 46.6 cm³/mol. The molecule has 1 heterocycles. The van der Waals surface area contributed by atoms with Crippen molar-refractivity contribution in [1.82, 2.24) is 4.98 Å². The zero-order valence-electron chi connectivity index (χ0n) is 5.76. The van der Waals surface area contributed by atoms with Crippen LogP contribution in [0.1, 0.15) is 17.6 Å². The lowest BCUT2D eigenvalue weighted by Gasteiger charge is -1.99. The molecule has 12 heavy (non-hydrogen) atoms. The Hall–Kier alpha value is -0.770. The first-order valence-corrected chi connectivity index (χ1v) is 4.06. The average molecular weight is 280 g/mol. The van der Waals surface area contributed by atoms with Crippen molar-refractivity contribution >= 4 is 22.6 Å². The molecule has 0 spiro atoms. The lowest BCUT2D eigenvalue weighted by atomic mass is 10.2. The number of hydrogen-bond donors (Lipinski definition) is 0. The van der Waals surface area contributed by atoms with Crippen molar-refractivity contribution in [2.75, 3.05) is 0 Å². The van der Waals surface area contributed by atoms with Gasteiger partial charge in [-0.15, -0.1) is 0 Å². The van der Waals surface area contributed by atoms with Gasteiger partial charge in [0, 0.05) is 11.8 Å². The summed E-state index contributed by atoms with van der Waals surface area (Å²) in [5.41, 5.74) is -0.0274. The first-order chi connectivity index (χ1) is 5.65. The molecule has 0 saturated heterocycles. The molecule has 1 rings (SSSR count). The van der Waals surface area contributed by atoms with Crippen LogP contribution in [0.15, 0.2) is 12.3 Å². The molecule has 0 aliphatic carbocycles. The van der Waals surface area contributed by atoms with Crippen LogP contribution in [0.3, 0.4) is 0 Å². The second kappa shape index (κ2) is 3.76. The summed E-state index contributed by atoms with van der Waals surface area (Å²) >= 11 is 1.82. The highest BCUT2D eigenvalue weighted by Gasteiger charge is 2.09. The number of halogens is 3. The van der Waals surface area contributed by atoms with Crippen LogP contribution in [0.25, 0.3) is 0 Å². The largest absolute Gasteiger partial charge is 0.265 e. The van der Waals surface area contributed by atoms with Gasteiger partial charge in [0.15, 0.2) is 0 Å². The molecule has 5 heteroatoms. The minimum absolute atomic E-state index is 0.188. The summed E-state index contributed by atoms with van der Waals surface area (Å²) in [6.07, 6.45) is -1.49. The van der Waals surface area contributed by atoms with Gasteiger partial charge in [-0.25, -0.2) is 13.8 Å². The van der Waals surface area contributed by atoms with Crippen molar-refractivity contribution in [2.24, 2.45) is 0 Å². The zero-order chi connectivity index (χ0) is 9.14. The maximum Gasteiger partial charge on any atom is 0.265 e. The smallest absolute Gasteiger partial charge is 0.248 e. The van der Waals surface area contributed by atoms with E-state index in [0.29, 0.717) is 3.70 Å². The molecule has 0 unspecified atom stereocenters. The van der Waals surface area contributed by atoms with Gasteiger partial charge in [0.25, 0.3) is 6.43 Å². The van der Waals surface area contributed by atoms with Gasteiger partial charge < -0.3 is 0 Å². The summed E-state index contributed by atoms with van der Waals surface area (Å²) in [6, 6.07) is 2.94. The molecule has 0 amide bonds. The molecule has 0 aliphatic heterocycles. The van der Waals surface area contributed by atoms with E-state index in [0.717, 1.165) is 12.3 Å². The van der Waals surface area contributed by atoms with Gasteiger partial charge in [0.1, 0.15) is 9.77 Å². The highest BCUT2D eigenvalue weighted by Crippen LogP contribution is 2.20. The SMILES string of the molecule is N#Cc1cc(C(F)F)cnc1I. The zero-order valence-corrected chi connectivity index (χ0v) is 7.92. The number of nitrogens with zero attached hydrogens (tertiary/aromatic N) is 2. The Bertz CT molecular complexity index is 333. The van der Waals surface area contributed by atoms with Gasteiger partial charge in [-0.2, -0.15) is 5.26 Å². The molecule has 0 bridgehead atoms. The number of alkyl halides is 2. The van der Waals surface area contributed by atoms with Gasteiger partial charge in [0.05, 0.1) is 5.56 Å². The van der Waals surface area contributed by atoms with Crippen LogP contribution in [0.5, 0.6) is 0 Å². The third-order valence-electron chi connectivity index (χ3n) is 1.23. The minimum atomic E-state index is -2.57. The fourth-order valence-corrected chi connectivity index (χ4v) is 1.08. The summed E-state index contributed by atoms with van der Waals surface area (Å²) in [6.45, 7) is 0. The van der Waals surface area contributed by atoms with Crippen LogP contribution in [-0.2, 0) is 0 Å². The van der Waals surface area contributed by atoms with E-state index in [1.807, 2.05) is 22.6 Å². The third kappa shape index (κ3) is 1.88. The fraction of sp³-hybridized carbons (Fsp3) is 0.143. The lowest BCUT2D eigenvalue weighted by Crippen LogP contribution is -1.92. The molecule has 62 valence electrons. The van der Waals surface area contributed by atoms with Crippen LogP contribution in [0.4, 0.5) is 8.78 Å². The monoisotopic (exact) mass is 280 g/mol. The van der Waals surface area contributed by atoms with Crippen molar-refractivity contribution in [2.45, 2.75) is 6.43 Å². The number of rotatable bonds is 1. The Labute approximate surface area is 81.4 Å². The first kappa shape index (κ1) is 9.32. The molecule has 0 radical (unpaired) electrons. The van der Waals surface area contributed by atoms with Crippen molar-refractivity contribution < 1.29 is 8.78 Å². The fourth-order valence-electron chi connectivity index (χ4n) is 0.662. The van der Waals surface area contributed by atoms with Crippen LogP contribution in [0, 0.1) is 15.0 Å².